The molecule has 0 saturated carbocycles. The van der Waals surface area contributed by atoms with Crippen molar-refractivity contribution in [3.05, 3.63) is 0 Å². The number of nitrogens with one attached hydrogen (secondary N) is 1. The van der Waals surface area contributed by atoms with Crippen molar-refractivity contribution in [2.75, 3.05) is 26.2 Å². The molecule has 0 aliphatic carbocycles. The van der Waals surface area contributed by atoms with Crippen molar-refractivity contribution < 1.29 is 13.9 Å². The van der Waals surface area contributed by atoms with Gasteiger partial charge in [0.15, 0.2) is 0 Å². The molecular formula is C10H18F2N2O. The molecular weight excluding hydrogens is 202 g/mol. The van der Waals surface area contributed by atoms with Crippen LogP contribution < -0.4 is 5.32 Å². The lowest BCUT2D eigenvalue weighted by Crippen LogP contribution is -2.58. The molecule has 0 bridgehead atoms. The fourth-order valence-corrected chi connectivity index (χ4v) is 2.47. The van der Waals surface area contributed by atoms with E-state index in [1.807, 2.05) is 4.90 Å². The fourth-order valence-electron chi connectivity index (χ4n) is 2.47. The van der Waals surface area contributed by atoms with E-state index in [4.69, 9.17) is 0 Å². The van der Waals surface area contributed by atoms with E-state index in [1.54, 1.807) is 0 Å². The lowest BCUT2D eigenvalue weighted by molar-refractivity contribution is -0.105. The quantitative estimate of drug-likeness (QED) is 0.673. The first-order valence-electron chi connectivity index (χ1n) is 5.60. The minimum atomic E-state index is -2.62. The Bertz CT molecular complexity index is 217. The number of piperidine rings is 2. The standard InChI is InChI=1S/C10H18F2N2O/c11-10(12)7-13-4-1-9(10)14-5-2-8(15)3-6-14/h8-9,13,15H,1-7H2. The predicted molar refractivity (Wildman–Crippen MR) is 53.0 cm³/mol. The normalized spacial score (nSPS) is 34.2. The molecule has 3 nitrogen and oxygen atoms in total. The Morgan fingerprint density at radius 1 is 1.20 bits per heavy atom. The van der Waals surface area contributed by atoms with Gasteiger partial charge in [-0.1, -0.05) is 0 Å². The molecule has 2 N–H and O–H groups in total. The highest BCUT2D eigenvalue weighted by Crippen LogP contribution is 2.29. The van der Waals surface area contributed by atoms with Crippen molar-refractivity contribution in [2.24, 2.45) is 0 Å². The molecule has 0 aromatic rings. The van der Waals surface area contributed by atoms with Crippen molar-refractivity contribution in [3.8, 4) is 0 Å². The van der Waals surface area contributed by atoms with Crippen LogP contribution in [0, 0.1) is 0 Å². The third-order valence-corrected chi connectivity index (χ3v) is 3.38. The van der Waals surface area contributed by atoms with Crippen LogP contribution in [0.4, 0.5) is 8.78 Å². The summed E-state index contributed by atoms with van der Waals surface area (Å²) in [6, 6.07) is -0.633. The largest absolute Gasteiger partial charge is 0.393 e. The van der Waals surface area contributed by atoms with Gasteiger partial charge in [0.05, 0.1) is 18.7 Å². The van der Waals surface area contributed by atoms with E-state index in [-0.39, 0.29) is 12.6 Å². The molecule has 2 fully saturated rings. The second-order valence-corrected chi connectivity index (χ2v) is 4.51. The van der Waals surface area contributed by atoms with Crippen LogP contribution >= 0.6 is 0 Å². The van der Waals surface area contributed by atoms with Gasteiger partial charge in [0.25, 0.3) is 5.92 Å². The highest BCUT2D eigenvalue weighted by molar-refractivity contribution is 4.93. The van der Waals surface area contributed by atoms with Crippen LogP contribution in [-0.2, 0) is 0 Å². The number of alkyl halides is 2. The molecule has 2 saturated heterocycles. The summed E-state index contributed by atoms with van der Waals surface area (Å²) in [6.45, 7) is 1.65. The van der Waals surface area contributed by atoms with E-state index in [2.05, 4.69) is 5.32 Å². The zero-order chi connectivity index (χ0) is 10.9. The minimum absolute atomic E-state index is 0.212. The summed E-state index contributed by atoms with van der Waals surface area (Å²) >= 11 is 0. The zero-order valence-corrected chi connectivity index (χ0v) is 8.75. The van der Waals surface area contributed by atoms with Crippen LogP contribution in [0.15, 0.2) is 0 Å². The van der Waals surface area contributed by atoms with Gasteiger partial charge >= 0.3 is 0 Å². The summed E-state index contributed by atoms with van der Waals surface area (Å²) < 4.78 is 27.2. The Kier molecular flexibility index (Phi) is 3.23. The molecule has 88 valence electrons. The zero-order valence-electron chi connectivity index (χ0n) is 8.75. The number of nitrogens with zero attached hydrogens (tertiary/aromatic N) is 1. The summed E-state index contributed by atoms with van der Waals surface area (Å²) in [5.41, 5.74) is 0. The van der Waals surface area contributed by atoms with Gasteiger partial charge < -0.3 is 10.4 Å². The Labute approximate surface area is 88.4 Å². The van der Waals surface area contributed by atoms with Gasteiger partial charge in [0.1, 0.15) is 0 Å². The maximum Gasteiger partial charge on any atom is 0.275 e. The molecule has 1 atom stereocenters. The summed E-state index contributed by atoms with van der Waals surface area (Å²) in [5.74, 6) is -2.62. The van der Waals surface area contributed by atoms with Gasteiger partial charge in [-0.15, -0.1) is 0 Å². The molecule has 2 rings (SSSR count). The van der Waals surface area contributed by atoms with Gasteiger partial charge in [-0.05, 0) is 25.8 Å². The molecule has 2 heterocycles. The molecule has 0 aromatic carbocycles. The summed E-state index contributed by atoms with van der Waals surface area (Å²) in [5, 5.41) is 12.1. The van der Waals surface area contributed by atoms with E-state index < -0.39 is 12.0 Å². The number of halogens is 2. The number of aliphatic hydroxyl groups is 1. The topological polar surface area (TPSA) is 35.5 Å². The van der Waals surface area contributed by atoms with Gasteiger partial charge in [0.2, 0.25) is 0 Å². The first-order valence-corrected chi connectivity index (χ1v) is 5.60. The monoisotopic (exact) mass is 220 g/mol. The van der Waals surface area contributed by atoms with Crippen molar-refractivity contribution in [1.82, 2.24) is 10.2 Å². The Balaban J connectivity index is 1.96. The van der Waals surface area contributed by atoms with Crippen molar-refractivity contribution in [3.63, 3.8) is 0 Å². The van der Waals surface area contributed by atoms with Crippen LogP contribution in [0.1, 0.15) is 19.3 Å². The van der Waals surface area contributed by atoms with Gasteiger partial charge in [-0.2, -0.15) is 0 Å². The van der Waals surface area contributed by atoms with Crippen LogP contribution in [0.3, 0.4) is 0 Å². The number of hydrogen-bond donors (Lipinski definition) is 2. The SMILES string of the molecule is OC1CCN(C2CCNCC2(F)F)CC1. The third kappa shape index (κ3) is 2.46. The van der Waals surface area contributed by atoms with E-state index in [0.29, 0.717) is 38.9 Å². The maximum atomic E-state index is 13.6. The summed E-state index contributed by atoms with van der Waals surface area (Å²) in [4.78, 5) is 1.84. The first-order chi connectivity index (χ1) is 7.09. The van der Waals surface area contributed by atoms with Crippen LogP contribution in [0.2, 0.25) is 0 Å². The molecule has 0 spiro atoms. The lowest BCUT2D eigenvalue weighted by Gasteiger charge is -2.42. The van der Waals surface area contributed by atoms with Gasteiger partial charge in [-0.25, -0.2) is 8.78 Å². The molecule has 2 aliphatic rings. The van der Waals surface area contributed by atoms with Gasteiger partial charge in [-0.3, -0.25) is 4.90 Å². The van der Waals surface area contributed by atoms with E-state index >= 15 is 0 Å². The van der Waals surface area contributed by atoms with Crippen molar-refractivity contribution in [2.45, 2.75) is 37.3 Å². The number of aliphatic hydroxyl groups excluding tert-OH is 1. The molecule has 0 amide bonds. The maximum absolute atomic E-state index is 13.6. The van der Waals surface area contributed by atoms with Gasteiger partial charge in [0, 0.05) is 13.1 Å². The second-order valence-electron chi connectivity index (χ2n) is 4.51. The first kappa shape index (κ1) is 11.2. The molecule has 15 heavy (non-hydrogen) atoms. The minimum Gasteiger partial charge on any atom is -0.393 e. The predicted octanol–water partition coefficient (Wildman–Crippen LogP) is 0.440. The Morgan fingerprint density at radius 3 is 2.47 bits per heavy atom. The van der Waals surface area contributed by atoms with Crippen LogP contribution in [-0.4, -0.2) is 54.3 Å². The molecule has 0 aromatic heterocycles. The Morgan fingerprint density at radius 2 is 1.87 bits per heavy atom. The van der Waals surface area contributed by atoms with Crippen LogP contribution in [0.25, 0.3) is 0 Å². The van der Waals surface area contributed by atoms with E-state index in [9.17, 15) is 13.9 Å². The lowest BCUT2D eigenvalue weighted by atomic mass is 9.97. The summed E-state index contributed by atoms with van der Waals surface area (Å²) in [7, 11) is 0. The molecule has 2 aliphatic heterocycles. The van der Waals surface area contributed by atoms with Crippen molar-refractivity contribution in [1.29, 1.82) is 0 Å². The smallest absolute Gasteiger partial charge is 0.275 e. The number of likely N-dealkylation sites (tertiary alicyclic amines) is 1. The highest BCUT2D eigenvalue weighted by Gasteiger charge is 2.45. The molecule has 0 radical (unpaired) electrons. The molecule has 1 unspecified atom stereocenters. The summed E-state index contributed by atoms with van der Waals surface area (Å²) in [6.07, 6.45) is 1.46. The Hall–Kier alpha value is -0.260. The van der Waals surface area contributed by atoms with E-state index in [0.717, 1.165) is 0 Å². The fraction of sp³-hybridized carbons (Fsp3) is 1.00. The number of rotatable bonds is 1. The number of hydrogen-bond acceptors (Lipinski definition) is 3. The highest BCUT2D eigenvalue weighted by atomic mass is 19.3. The average molecular weight is 220 g/mol. The third-order valence-electron chi connectivity index (χ3n) is 3.38. The average Bonchev–Trinajstić information content (AvgIpc) is 2.19. The van der Waals surface area contributed by atoms with Crippen LogP contribution in [0.5, 0.6) is 0 Å². The molecule has 5 heteroatoms. The van der Waals surface area contributed by atoms with Crippen molar-refractivity contribution >= 4 is 0 Å². The second kappa shape index (κ2) is 4.31. The van der Waals surface area contributed by atoms with E-state index in [1.165, 1.54) is 0 Å².